The maximum Gasteiger partial charge on any atom is 0.200 e. The minimum atomic E-state index is -2.18. The van der Waals surface area contributed by atoms with Crippen LogP contribution in [0, 0.1) is 29.1 Å². The van der Waals surface area contributed by atoms with Gasteiger partial charge in [-0.3, -0.25) is 0 Å². The summed E-state index contributed by atoms with van der Waals surface area (Å²) < 4.78 is 73.4. The molecular weight excluding hydrogens is 550 g/mol. The summed E-state index contributed by atoms with van der Waals surface area (Å²) in [5, 5.41) is 3.86. The monoisotopic (exact) mass is 572 g/mol. The first-order chi connectivity index (χ1) is 19.8. The van der Waals surface area contributed by atoms with Crippen LogP contribution in [0.15, 0.2) is 103 Å². The van der Waals surface area contributed by atoms with E-state index in [4.69, 9.17) is 4.98 Å². The Kier molecular flexibility index (Phi) is 7.14. The molecule has 0 spiro atoms. The van der Waals surface area contributed by atoms with Crippen LogP contribution in [0.5, 0.6) is 0 Å². The minimum absolute atomic E-state index is 0.366. The largest absolute Gasteiger partial charge is 0.326 e. The summed E-state index contributed by atoms with van der Waals surface area (Å²) in [6.45, 7) is 1.50. The van der Waals surface area contributed by atoms with E-state index in [9.17, 15) is 22.0 Å². The molecule has 0 aliphatic carbocycles. The molecule has 2 nitrogen and oxygen atoms in total. The van der Waals surface area contributed by atoms with Gasteiger partial charge in [0, 0.05) is 22.9 Å². The van der Waals surface area contributed by atoms with Crippen LogP contribution in [-0.2, 0) is 6.54 Å². The molecule has 0 saturated carbocycles. The molecule has 0 saturated heterocycles. The van der Waals surface area contributed by atoms with Crippen molar-refractivity contribution in [2.45, 2.75) is 6.54 Å². The number of fused-ring (bicyclic) bond motifs is 1. The Bertz CT molecular complexity index is 1860. The minimum Gasteiger partial charge on any atom is -0.326 e. The van der Waals surface area contributed by atoms with E-state index in [2.05, 4.69) is 6.66 Å². The lowest BCUT2D eigenvalue weighted by atomic mass is 10.0. The van der Waals surface area contributed by atoms with Crippen LogP contribution in [0.2, 0.25) is 0 Å². The van der Waals surface area contributed by atoms with Crippen molar-refractivity contribution in [1.82, 2.24) is 9.55 Å². The summed E-state index contributed by atoms with van der Waals surface area (Å²) in [5.41, 5.74) is 1.06. The smallest absolute Gasteiger partial charge is 0.200 e. The van der Waals surface area contributed by atoms with Gasteiger partial charge < -0.3 is 4.57 Å². The van der Waals surface area contributed by atoms with E-state index in [-0.39, 0.29) is 0 Å². The molecule has 5 aromatic carbocycles. The van der Waals surface area contributed by atoms with Gasteiger partial charge in [-0.05, 0) is 36.0 Å². The fourth-order valence-electron chi connectivity index (χ4n) is 5.01. The Hall–Kier alpha value is -4.35. The van der Waals surface area contributed by atoms with Crippen molar-refractivity contribution >= 4 is 29.3 Å². The van der Waals surface area contributed by atoms with Gasteiger partial charge in [0.2, 0.25) is 5.82 Å². The van der Waals surface area contributed by atoms with Gasteiger partial charge in [-0.2, -0.15) is 0 Å². The molecule has 0 N–H and O–H groups in total. The number of halogens is 5. The maximum atomic E-state index is 14.9. The van der Waals surface area contributed by atoms with Gasteiger partial charge in [0.1, 0.15) is 5.82 Å². The number of hydrogen-bond donors (Lipinski definition) is 0. The average Bonchev–Trinajstić information content (AvgIpc) is 3.44. The van der Waals surface area contributed by atoms with Gasteiger partial charge in [-0.15, -0.1) is 0 Å². The van der Waals surface area contributed by atoms with E-state index in [1.807, 2.05) is 97.1 Å². The molecule has 6 aromatic rings. The fraction of sp³-hybridized carbons (Fsp3) is 0.0606. The Morgan fingerprint density at radius 1 is 0.659 bits per heavy atom. The van der Waals surface area contributed by atoms with Gasteiger partial charge >= 0.3 is 0 Å². The number of nitrogens with zero attached hydrogens (tertiary/aromatic N) is 2. The zero-order valence-corrected chi connectivity index (χ0v) is 22.6. The normalized spacial score (nSPS) is 12.1. The molecule has 0 fully saturated rings. The number of imidazole rings is 1. The molecule has 204 valence electrons. The van der Waals surface area contributed by atoms with Crippen LogP contribution in [-0.4, -0.2) is 16.2 Å². The van der Waals surface area contributed by atoms with E-state index in [1.54, 1.807) is 6.20 Å². The molecule has 6 rings (SSSR count). The molecule has 8 heteroatoms. The van der Waals surface area contributed by atoms with E-state index in [1.165, 1.54) is 4.57 Å². The van der Waals surface area contributed by atoms with Gasteiger partial charge in [0.25, 0.3) is 0 Å². The number of hydrogen-bond acceptors (Lipinski definition) is 1. The van der Waals surface area contributed by atoms with Crippen LogP contribution >= 0.6 is 7.92 Å². The first-order valence-electron chi connectivity index (χ1n) is 12.8. The lowest BCUT2D eigenvalue weighted by Crippen LogP contribution is -2.16. The van der Waals surface area contributed by atoms with Crippen LogP contribution in [0.1, 0.15) is 5.56 Å². The van der Waals surface area contributed by atoms with Crippen molar-refractivity contribution in [3.8, 4) is 22.6 Å². The molecule has 0 aliphatic rings. The second-order valence-electron chi connectivity index (χ2n) is 9.57. The Morgan fingerprint density at radius 2 is 1.24 bits per heavy atom. The quantitative estimate of drug-likeness (QED) is 0.0852. The first-order valence-corrected chi connectivity index (χ1v) is 14.6. The summed E-state index contributed by atoms with van der Waals surface area (Å²) in [6.07, 6.45) is 1.59. The second-order valence-corrected chi connectivity index (χ2v) is 11.7. The highest BCUT2D eigenvalue weighted by atomic mass is 31.1. The average molecular weight is 573 g/mol. The van der Waals surface area contributed by atoms with Gasteiger partial charge in [0.05, 0.1) is 12.2 Å². The van der Waals surface area contributed by atoms with Crippen molar-refractivity contribution in [3.63, 3.8) is 0 Å². The lowest BCUT2D eigenvalue weighted by molar-refractivity contribution is 0.368. The molecule has 1 unspecified atom stereocenters. The topological polar surface area (TPSA) is 17.8 Å². The molecule has 0 bridgehead atoms. The molecule has 1 aromatic heterocycles. The summed E-state index contributed by atoms with van der Waals surface area (Å²) in [7, 11) is -0.903. The third kappa shape index (κ3) is 4.81. The molecular formula is C33H22F5N2P. The summed E-state index contributed by atoms with van der Waals surface area (Å²) in [6, 6.07) is 30.9. The molecule has 41 heavy (non-hydrogen) atoms. The number of aromatic nitrogens is 2. The van der Waals surface area contributed by atoms with Crippen LogP contribution < -0.4 is 10.6 Å². The van der Waals surface area contributed by atoms with Crippen molar-refractivity contribution < 1.29 is 22.0 Å². The molecule has 1 atom stereocenters. The van der Waals surface area contributed by atoms with E-state index in [0.29, 0.717) is 11.5 Å². The third-order valence-electron chi connectivity index (χ3n) is 7.11. The molecule has 0 amide bonds. The van der Waals surface area contributed by atoms with E-state index < -0.39 is 49.1 Å². The maximum absolute atomic E-state index is 14.9. The predicted molar refractivity (Wildman–Crippen MR) is 154 cm³/mol. The highest BCUT2D eigenvalue weighted by Gasteiger charge is 2.28. The van der Waals surface area contributed by atoms with E-state index >= 15 is 0 Å². The highest BCUT2D eigenvalue weighted by molar-refractivity contribution is 7.72. The molecule has 0 radical (unpaired) electrons. The van der Waals surface area contributed by atoms with Gasteiger partial charge in [0.15, 0.2) is 23.3 Å². The van der Waals surface area contributed by atoms with Gasteiger partial charge in [-0.1, -0.05) is 97.1 Å². The molecule has 1 heterocycles. The fourth-order valence-corrected chi connectivity index (χ4v) is 6.76. The summed E-state index contributed by atoms with van der Waals surface area (Å²) in [4.78, 5) is 4.92. The van der Waals surface area contributed by atoms with Crippen molar-refractivity contribution in [1.29, 1.82) is 0 Å². The zero-order valence-electron chi connectivity index (χ0n) is 21.8. The first kappa shape index (κ1) is 26.9. The number of benzene rings is 5. The van der Waals surface area contributed by atoms with Crippen molar-refractivity contribution in [2.75, 3.05) is 6.66 Å². The summed E-state index contributed by atoms with van der Waals surface area (Å²) >= 11 is 0. The Labute approximate surface area is 234 Å². The predicted octanol–water partition coefficient (Wildman–Crippen LogP) is 8.18. The third-order valence-corrected chi connectivity index (χ3v) is 9.28. The Morgan fingerprint density at radius 3 is 1.93 bits per heavy atom. The van der Waals surface area contributed by atoms with Crippen LogP contribution in [0.25, 0.3) is 33.4 Å². The van der Waals surface area contributed by atoms with Crippen molar-refractivity contribution in [2.24, 2.45) is 0 Å². The lowest BCUT2D eigenvalue weighted by Gasteiger charge is -2.20. The SMILES string of the molecule is CP(c1ccccc1)c1ccc2ccccc2c1-c1nc(-c2ccccc2)cn1Cc1c(F)c(F)c(F)c(F)c1F. The van der Waals surface area contributed by atoms with Crippen molar-refractivity contribution in [3.05, 3.63) is 138 Å². The van der Waals surface area contributed by atoms with Crippen LogP contribution in [0.4, 0.5) is 22.0 Å². The van der Waals surface area contributed by atoms with Gasteiger partial charge in [-0.25, -0.2) is 26.9 Å². The highest BCUT2D eigenvalue weighted by Crippen LogP contribution is 2.39. The number of rotatable bonds is 6. The Balaban J connectivity index is 1.63. The zero-order chi connectivity index (χ0) is 28.7. The second kappa shape index (κ2) is 10.9. The summed E-state index contributed by atoms with van der Waals surface area (Å²) in [5.74, 6) is -9.49. The standard InChI is InChI=1S/C33H22F5N2P/c1-41(22-13-6-3-7-14-22)26-17-16-20-10-8-9-15-23(20)27(26)33-39-25(21-11-4-2-5-12-21)19-40(33)18-24-28(34)30(36)32(38)31(37)29(24)35/h2-17,19H,18H2,1H3. The molecule has 0 aliphatic heterocycles. The van der Waals surface area contributed by atoms with Crippen LogP contribution in [0.3, 0.4) is 0 Å². The van der Waals surface area contributed by atoms with E-state index in [0.717, 1.165) is 32.5 Å².